The highest BCUT2D eigenvalue weighted by molar-refractivity contribution is 5.96. The number of ether oxygens (including phenoxy) is 1. The fraction of sp³-hybridized carbons (Fsp3) is 0.333. The molecule has 0 bridgehead atoms. The molecule has 0 fully saturated rings. The van der Waals surface area contributed by atoms with Gasteiger partial charge in [-0.3, -0.25) is 4.79 Å². The molecular formula is C12H15NO5. The summed E-state index contributed by atoms with van der Waals surface area (Å²) in [6, 6.07) is 4.30. The van der Waals surface area contributed by atoms with Crippen LogP contribution >= 0.6 is 0 Å². The van der Waals surface area contributed by atoms with Crippen molar-refractivity contribution in [2.24, 2.45) is 0 Å². The molecule has 1 unspecified atom stereocenters. The van der Waals surface area contributed by atoms with E-state index < -0.39 is 18.0 Å². The quantitative estimate of drug-likeness (QED) is 0.654. The van der Waals surface area contributed by atoms with Gasteiger partial charge in [-0.2, -0.15) is 0 Å². The third-order valence-electron chi connectivity index (χ3n) is 2.38. The number of phenolic OH excluding ortho intramolecular Hbond substituents is 1. The third-order valence-corrected chi connectivity index (χ3v) is 2.38. The largest absolute Gasteiger partial charge is 0.508 e. The van der Waals surface area contributed by atoms with Gasteiger partial charge in [0.05, 0.1) is 13.7 Å². The Bertz CT molecular complexity index is 458. The first-order chi connectivity index (χ1) is 8.45. The number of hydrogen-bond donors (Lipinski definition) is 3. The molecule has 6 heteroatoms. The van der Waals surface area contributed by atoms with Gasteiger partial charge in [0.25, 0.3) is 5.91 Å². The van der Waals surface area contributed by atoms with Crippen molar-refractivity contribution in [2.45, 2.75) is 13.0 Å². The number of phenols is 1. The lowest BCUT2D eigenvalue weighted by molar-refractivity contribution is -0.149. The number of amides is 1. The van der Waals surface area contributed by atoms with E-state index in [0.29, 0.717) is 11.1 Å². The van der Waals surface area contributed by atoms with Crippen molar-refractivity contribution in [3.8, 4) is 5.75 Å². The van der Waals surface area contributed by atoms with Crippen molar-refractivity contribution < 1.29 is 24.5 Å². The number of nitrogens with one attached hydrogen (secondary N) is 1. The number of carbonyl (C=O) groups excluding carboxylic acids is 2. The Labute approximate surface area is 104 Å². The van der Waals surface area contributed by atoms with Crippen molar-refractivity contribution in [2.75, 3.05) is 13.7 Å². The Morgan fingerprint density at radius 1 is 1.44 bits per heavy atom. The molecule has 18 heavy (non-hydrogen) atoms. The molecule has 98 valence electrons. The molecular weight excluding hydrogens is 238 g/mol. The van der Waals surface area contributed by atoms with Crippen LogP contribution in [0.4, 0.5) is 0 Å². The molecule has 0 aliphatic carbocycles. The minimum absolute atomic E-state index is 0.0682. The molecule has 1 aromatic rings. The van der Waals surface area contributed by atoms with Crippen LogP contribution in [0.3, 0.4) is 0 Å². The Hall–Kier alpha value is -2.08. The van der Waals surface area contributed by atoms with E-state index in [1.807, 2.05) is 0 Å². The zero-order valence-electron chi connectivity index (χ0n) is 10.1. The Balaban J connectivity index is 2.63. The van der Waals surface area contributed by atoms with Gasteiger partial charge in [-0.1, -0.05) is 0 Å². The summed E-state index contributed by atoms with van der Waals surface area (Å²) < 4.78 is 4.32. The summed E-state index contributed by atoms with van der Waals surface area (Å²) in [5, 5.41) is 20.9. The first kappa shape index (κ1) is 14.0. The summed E-state index contributed by atoms with van der Waals surface area (Å²) >= 11 is 0. The molecule has 0 heterocycles. The minimum Gasteiger partial charge on any atom is -0.508 e. The van der Waals surface area contributed by atoms with Crippen molar-refractivity contribution in [1.29, 1.82) is 0 Å². The van der Waals surface area contributed by atoms with Gasteiger partial charge in [0.1, 0.15) is 5.75 Å². The zero-order chi connectivity index (χ0) is 13.7. The van der Waals surface area contributed by atoms with Crippen molar-refractivity contribution in [3.63, 3.8) is 0 Å². The first-order valence-electron chi connectivity index (χ1n) is 5.29. The summed E-state index contributed by atoms with van der Waals surface area (Å²) in [6.07, 6.45) is -1.39. The van der Waals surface area contributed by atoms with Gasteiger partial charge in [-0.05, 0) is 30.7 Å². The maximum atomic E-state index is 11.7. The highest BCUT2D eigenvalue weighted by atomic mass is 16.5. The van der Waals surface area contributed by atoms with Crippen LogP contribution in [-0.4, -0.2) is 41.8 Å². The smallest absolute Gasteiger partial charge is 0.336 e. The molecule has 0 spiro atoms. The normalized spacial score (nSPS) is 11.7. The molecule has 0 aliphatic heterocycles. The highest BCUT2D eigenvalue weighted by Gasteiger charge is 2.17. The summed E-state index contributed by atoms with van der Waals surface area (Å²) in [5.74, 6) is -1.17. The summed E-state index contributed by atoms with van der Waals surface area (Å²) in [4.78, 5) is 22.7. The average molecular weight is 253 g/mol. The second-order valence-corrected chi connectivity index (χ2v) is 3.75. The fourth-order valence-corrected chi connectivity index (χ4v) is 1.41. The number of aryl methyl sites for hydroxylation is 1. The van der Waals surface area contributed by atoms with Crippen LogP contribution in [0.2, 0.25) is 0 Å². The van der Waals surface area contributed by atoms with Crippen LogP contribution in [0.1, 0.15) is 15.9 Å². The van der Waals surface area contributed by atoms with E-state index in [-0.39, 0.29) is 12.3 Å². The standard InChI is InChI=1S/C12H15NO5/c1-7-5-8(14)3-4-9(7)11(16)13-6-10(15)12(17)18-2/h3-5,10,14-15H,6H2,1-2H3,(H,13,16). The summed E-state index contributed by atoms with van der Waals surface area (Å²) in [7, 11) is 1.15. The van der Waals surface area contributed by atoms with E-state index >= 15 is 0 Å². The van der Waals surface area contributed by atoms with Gasteiger partial charge in [-0.15, -0.1) is 0 Å². The van der Waals surface area contributed by atoms with Crippen LogP contribution in [0.5, 0.6) is 5.75 Å². The molecule has 1 rings (SSSR count). The lowest BCUT2D eigenvalue weighted by Gasteiger charge is -2.11. The van der Waals surface area contributed by atoms with Crippen molar-refractivity contribution >= 4 is 11.9 Å². The van der Waals surface area contributed by atoms with Gasteiger partial charge in [0.2, 0.25) is 0 Å². The fourth-order valence-electron chi connectivity index (χ4n) is 1.41. The Morgan fingerprint density at radius 2 is 2.11 bits per heavy atom. The molecule has 0 aromatic heterocycles. The average Bonchev–Trinajstić information content (AvgIpc) is 2.34. The lowest BCUT2D eigenvalue weighted by Crippen LogP contribution is -2.37. The summed E-state index contributed by atoms with van der Waals surface area (Å²) in [5.41, 5.74) is 0.963. The van der Waals surface area contributed by atoms with Crippen molar-refractivity contribution in [1.82, 2.24) is 5.32 Å². The highest BCUT2D eigenvalue weighted by Crippen LogP contribution is 2.15. The maximum Gasteiger partial charge on any atom is 0.336 e. The Kier molecular flexibility index (Phi) is 4.67. The number of aliphatic hydroxyl groups excluding tert-OH is 1. The van der Waals surface area contributed by atoms with E-state index in [1.165, 1.54) is 18.2 Å². The maximum absolute atomic E-state index is 11.7. The van der Waals surface area contributed by atoms with E-state index in [2.05, 4.69) is 10.1 Å². The van der Waals surface area contributed by atoms with Crippen molar-refractivity contribution in [3.05, 3.63) is 29.3 Å². The molecule has 0 aliphatic rings. The van der Waals surface area contributed by atoms with Crippen LogP contribution in [0.15, 0.2) is 18.2 Å². The topological polar surface area (TPSA) is 95.9 Å². The minimum atomic E-state index is -1.39. The molecule has 0 saturated heterocycles. The zero-order valence-corrected chi connectivity index (χ0v) is 10.1. The van der Waals surface area contributed by atoms with Crippen LogP contribution in [-0.2, 0) is 9.53 Å². The number of aromatic hydroxyl groups is 1. The molecule has 0 radical (unpaired) electrons. The number of aliphatic hydroxyl groups is 1. The monoisotopic (exact) mass is 253 g/mol. The summed E-state index contributed by atoms with van der Waals surface area (Å²) in [6.45, 7) is 1.44. The predicted molar refractivity (Wildman–Crippen MR) is 63.2 cm³/mol. The van der Waals surface area contributed by atoms with E-state index in [9.17, 15) is 19.8 Å². The van der Waals surface area contributed by atoms with Gasteiger partial charge < -0.3 is 20.3 Å². The molecule has 1 aromatic carbocycles. The number of rotatable bonds is 4. The molecule has 0 saturated carbocycles. The van der Waals surface area contributed by atoms with Gasteiger partial charge in [-0.25, -0.2) is 4.79 Å². The second kappa shape index (κ2) is 6.02. The number of hydrogen-bond acceptors (Lipinski definition) is 5. The molecule has 1 amide bonds. The lowest BCUT2D eigenvalue weighted by atomic mass is 10.1. The molecule has 1 atom stereocenters. The van der Waals surface area contributed by atoms with E-state index in [4.69, 9.17) is 0 Å². The van der Waals surface area contributed by atoms with Gasteiger partial charge in [0.15, 0.2) is 6.10 Å². The molecule has 6 nitrogen and oxygen atoms in total. The van der Waals surface area contributed by atoms with Gasteiger partial charge >= 0.3 is 5.97 Å². The number of benzene rings is 1. The molecule has 3 N–H and O–H groups in total. The Morgan fingerprint density at radius 3 is 2.67 bits per heavy atom. The number of carbonyl (C=O) groups is 2. The van der Waals surface area contributed by atoms with Gasteiger partial charge in [0, 0.05) is 5.56 Å². The van der Waals surface area contributed by atoms with Crippen LogP contribution in [0, 0.1) is 6.92 Å². The van der Waals surface area contributed by atoms with Crippen LogP contribution in [0.25, 0.3) is 0 Å². The predicted octanol–water partition coefficient (Wildman–Crippen LogP) is -0.0357. The third kappa shape index (κ3) is 3.46. The SMILES string of the molecule is COC(=O)C(O)CNC(=O)c1ccc(O)cc1C. The number of esters is 1. The second-order valence-electron chi connectivity index (χ2n) is 3.75. The number of methoxy groups -OCH3 is 1. The van der Waals surface area contributed by atoms with E-state index in [0.717, 1.165) is 7.11 Å². The van der Waals surface area contributed by atoms with E-state index in [1.54, 1.807) is 6.92 Å². The first-order valence-corrected chi connectivity index (χ1v) is 5.29. The van der Waals surface area contributed by atoms with Crippen LogP contribution < -0.4 is 5.32 Å².